The summed E-state index contributed by atoms with van der Waals surface area (Å²) in [5.41, 5.74) is -0.950. The van der Waals surface area contributed by atoms with Gasteiger partial charge in [0.15, 0.2) is 0 Å². The molecule has 5 nitrogen and oxygen atoms in total. The first-order chi connectivity index (χ1) is 14.5. The number of carbonyl (C=O) groups excluding carboxylic acids is 1. The molecule has 0 spiro atoms. The third-order valence-electron chi connectivity index (χ3n) is 7.64. The number of halogens is 2. The summed E-state index contributed by atoms with van der Waals surface area (Å²) in [6.45, 7) is 8.96. The monoisotopic (exact) mass is 594 g/mol. The summed E-state index contributed by atoms with van der Waals surface area (Å²) in [4.78, 5) is 12.3. The first kappa shape index (κ1) is 32.8. The Hall–Kier alpha value is -0.210. The summed E-state index contributed by atoms with van der Waals surface area (Å²) in [6, 6.07) is 0. The van der Waals surface area contributed by atoms with Crippen molar-refractivity contribution in [3.05, 3.63) is 24.3 Å². The van der Waals surface area contributed by atoms with E-state index in [-0.39, 0.29) is 64.3 Å². The van der Waals surface area contributed by atoms with Crippen LogP contribution in [-0.4, -0.2) is 86.1 Å². The zero-order chi connectivity index (χ0) is 23.1. The molecule has 0 aromatic carbocycles. The second kappa shape index (κ2) is 14.4. The van der Waals surface area contributed by atoms with Crippen LogP contribution < -0.4 is 34.0 Å². The van der Waals surface area contributed by atoms with Gasteiger partial charge in [0.2, 0.25) is 0 Å². The maximum atomic E-state index is 12.3. The molecule has 1 aliphatic carbocycles. The fourth-order valence-corrected chi connectivity index (χ4v) is 4.92. The summed E-state index contributed by atoms with van der Waals surface area (Å²) in [6.07, 6.45) is 14.9. The third-order valence-corrected chi connectivity index (χ3v) is 7.64. The summed E-state index contributed by atoms with van der Waals surface area (Å²) >= 11 is 0. The molecule has 2 fully saturated rings. The smallest absolute Gasteiger partial charge is 0.306 e. The van der Waals surface area contributed by atoms with Crippen molar-refractivity contribution in [1.82, 2.24) is 0 Å². The zero-order valence-corrected chi connectivity index (χ0v) is 24.9. The van der Waals surface area contributed by atoms with Gasteiger partial charge in [0.1, 0.15) is 6.10 Å². The molecule has 0 radical (unpaired) electrons. The van der Waals surface area contributed by atoms with Gasteiger partial charge in [-0.05, 0) is 25.2 Å². The molecule has 2 heterocycles. The molecular formula is C26H48Br2N2O3. The lowest BCUT2D eigenvalue weighted by molar-refractivity contribution is -0.896. The summed E-state index contributed by atoms with van der Waals surface area (Å²) in [5.74, 6) is -0.283. The van der Waals surface area contributed by atoms with E-state index in [4.69, 9.17) is 4.74 Å². The van der Waals surface area contributed by atoms with Crippen molar-refractivity contribution < 1.29 is 57.6 Å². The largest absolute Gasteiger partial charge is 1.00 e. The van der Waals surface area contributed by atoms with Crippen LogP contribution in [0.15, 0.2) is 24.3 Å². The van der Waals surface area contributed by atoms with Gasteiger partial charge in [0.25, 0.3) is 0 Å². The number of esters is 1. The number of quaternary nitrogens is 2. The minimum atomic E-state index is -0.950. The number of allylic oxidation sites excluding steroid dienone is 2. The van der Waals surface area contributed by atoms with E-state index in [1.165, 1.54) is 36.8 Å². The van der Waals surface area contributed by atoms with Gasteiger partial charge < -0.3 is 52.8 Å². The van der Waals surface area contributed by atoms with Gasteiger partial charge in [-0.2, -0.15) is 0 Å². The predicted molar refractivity (Wildman–Crippen MR) is 127 cm³/mol. The lowest BCUT2D eigenvalue weighted by Crippen LogP contribution is -3.00. The van der Waals surface area contributed by atoms with Crippen LogP contribution in [-0.2, 0) is 9.53 Å². The maximum Gasteiger partial charge on any atom is 0.306 e. The number of nitrogens with zero attached hydrogens (tertiary/aromatic N) is 2. The van der Waals surface area contributed by atoms with E-state index in [2.05, 4.69) is 35.1 Å². The van der Waals surface area contributed by atoms with E-state index in [9.17, 15) is 9.90 Å². The van der Waals surface area contributed by atoms with Gasteiger partial charge in [0, 0.05) is 18.8 Å². The molecule has 1 N–H and O–H groups in total. The molecule has 7 heteroatoms. The Morgan fingerprint density at radius 2 is 1.55 bits per heavy atom. The number of aliphatic hydroxyl groups is 1. The van der Waals surface area contributed by atoms with Gasteiger partial charge in [-0.15, -0.1) is 0 Å². The van der Waals surface area contributed by atoms with Crippen molar-refractivity contribution >= 4 is 5.97 Å². The molecule has 194 valence electrons. The minimum Gasteiger partial charge on any atom is -1.00 e. The highest BCUT2D eigenvalue weighted by Crippen LogP contribution is 2.36. The molecule has 0 aromatic rings. The second-order valence-electron chi connectivity index (χ2n) is 11.3. The molecule has 3 unspecified atom stereocenters. The summed E-state index contributed by atoms with van der Waals surface area (Å²) in [7, 11) is 9.06. The fourth-order valence-electron chi connectivity index (χ4n) is 4.92. The Morgan fingerprint density at radius 3 is 2.03 bits per heavy atom. The standard InChI is InChI=1S/C19H32NO3.C7H16N.2BrH/c1-5-15(2)19(22)11-7-6-8-16(19)14-18(21)23-17-9-12-20(3,4)13-10-17;1-8(2)6-4-3-5-7-8;;/h6-8,11,15-17,22H,5,9-10,12-14H2,1-4H3;3-7H2,1-2H3;2*1H/q2*+1;;/p-2. The van der Waals surface area contributed by atoms with Crippen LogP contribution >= 0.6 is 0 Å². The number of ether oxygens (including phenoxy) is 1. The first-order valence-corrected chi connectivity index (χ1v) is 12.4. The molecule has 33 heavy (non-hydrogen) atoms. The zero-order valence-electron chi connectivity index (χ0n) is 21.7. The lowest BCUT2D eigenvalue weighted by atomic mass is 9.73. The average Bonchev–Trinajstić information content (AvgIpc) is 2.71. The van der Waals surface area contributed by atoms with E-state index in [1.54, 1.807) is 0 Å². The number of hydrogen-bond acceptors (Lipinski definition) is 3. The fraction of sp³-hybridized carbons (Fsp3) is 0.808. The van der Waals surface area contributed by atoms with Crippen LogP contribution in [0, 0.1) is 11.8 Å². The average molecular weight is 596 g/mol. The van der Waals surface area contributed by atoms with E-state index in [0.29, 0.717) is 0 Å². The predicted octanol–water partition coefficient (Wildman–Crippen LogP) is -2.07. The second-order valence-corrected chi connectivity index (χ2v) is 11.3. The van der Waals surface area contributed by atoms with Gasteiger partial charge in [-0.3, -0.25) is 4.79 Å². The van der Waals surface area contributed by atoms with Crippen molar-refractivity contribution in [1.29, 1.82) is 0 Å². The molecule has 2 aliphatic heterocycles. The Kier molecular flexibility index (Phi) is 14.3. The van der Waals surface area contributed by atoms with Crippen LogP contribution in [0.2, 0.25) is 0 Å². The molecule has 3 rings (SSSR count). The SMILES string of the molecule is CCC(C)C1(O)C=CC=CC1CC(=O)OC1CC[N+](C)(C)CC1.C[N+]1(C)CCCCC1.[Br-].[Br-]. The molecule has 0 bridgehead atoms. The number of rotatable bonds is 5. The lowest BCUT2D eigenvalue weighted by Gasteiger charge is -2.39. The highest BCUT2D eigenvalue weighted by atomic mass is 79.9. The topological polar surface area (TPSA) is 46.5 Å². The van der Waals surface area contributed by atoms with E-state index in [0.717, 1.165) is 36.8 Å². The van der Waals surface area contributed by atoms with Crippen molar-refractivity contribution in [3.8, 4) is 0 Å². The Labute approximate surface area is 224 Å². The van der Waals surface area contributed by atoms with Crippen molar-refractivity contribution in [2.24, 2.45) is 11.8 Å². The van der Waals surface area contributed by atoms with Crippen molar-refractivity contribution in [2.75, 3.05) is 54.4 Å². The van der Waals surface area contributed by atoms with Crippen LogP contribution in [0.25, 0.3) is 0 Å². The Morgan fingerprint density at radius 1 is 1.00 bits per heavy atom. The Bertz CT molecular complexity index is 633. The molecule has 0 amide bonds. The molecule has 0 saturated carbocycles. The van der Waals surface area contributed by atoms with E-state index in [1.807, 2.05) is 31.2 Å². The Balaban J connectivity index is 0.000000870. The summed E-state index contributed by atoms with van der Waals surface area (Å²) in [5, 5.41) is 11.0. The highest BCUT2D eigenvalue weighted by Gasteiger charge is 2.40. The van der Waals surface area contributed by atoms with Crippen molar-refractivity contribution in [2.45, 2.75) is 70.5 Å². The first-order valence-electron chi connectivity index (χ1n) is 12.4. The van der Waals surface area contributed by atoms with Crippen LogP contribution in [0.3, 0.4) is 0 Å². The number of hydrogen-bond donors (Lipinski definition) is 1. The number of piperidine rings is 2. The van der Waals surface area contributed by atoms with Gasteiger partial charge in [0.05, 0.1) is 66.4 Å². The third kappa shape index (κ3) is 10.5. The van der Waals surface area contributed by atoms with Crippen LogP contribution in [0.1, 0.15) is 58.8 Å². The van der Waals surface area contributed by atoms with E-state index >= 15 is 0 Å². The van der Waals surface area contributed by atoms with Crippen LogP contribution in [0.5, 0.6) is 0 Å². The number of carbonyl (C=O) groups is 1. The molecule has 2 saturated heterocycles. The minimum absolute atomic E-state index is 0. The highest BCUT2D eigenvalue weighted by molar-refractivity contribution is 5.70. The summed E-state index contributed by atoms with van der Waals surface area (Å²) < 4.78 is 7.92. The molecular weight excluding hydrogens is 548 g/mol. The normalized spacial score (nSPS) is 28.9. The van der Waals surface area contributed by atoms with Gasteiger partial charge in [-0.1, -0.05) is 44.6 Å². The van der Waals surface area contributed by atoms with Gasteiger partial charge >= 0.3 is 5.97 Å². The molecule has 3 atom stereocenters. The quantitative estimate of drug-likeness (QED) is 0.294. The van der Waals surface area contributed by atoms with E-state index < -0.39 is 5.60 Å². The molecule has 3 aliphatic rings. The van der Waals surface area contributed by atoms with Crippen LogP contribution in [0.4, 0.5) is 0 Å². The van der Waals surface area contributed by atoms with Crippen molar-refractivity contribution in [3.63, 3.8) is 0 Å². The van der Waals surface area contributed by atoms with Gasteiger partial charge in [-0.25, -0.2) is 0 Å². The molecule has 0 aromatic heterocycles. The number of likely N-dealkylation sites (tertiary alicyclic amines) is 2. The maximum absolute atomic E-state index is 12.3.